The summed E-state index contributed by atoms with van der Waals surface area (Å²) in [5.41, 5.74) is 0.277. The molecule has 1 heterocycles. The molecule has 0 atom stereocenters. The van der Waals surface area contributed by atoms with Crippen LogP contribution in [-0.4, -0.2) is 10.1 Å². The number of pyridine rings is 1. The summed E-state index contributed by atoms with van der Waals surface area (Å²) in [5.74, 6) is -0.197. The highest BCUT2D eigenvalue weighted by atomic mass is 35.5. The molecule has 0 amide bonds. The fourth-order valence-corrected chi connectivity index (χ4v) is 2.04. The van der Waals surface area contributed by atoms with Crippen molar-refractivity contribution in [3.8, 4) is 5.75 Å². The molecule has 2 rings (SSSR count). The molecule has 1 aromatic carbocycles. The van der Waals surface area contributed by atoms with Crippen molar-refractivity contribution in [3.63, 3.8) is 0 Å². The van der Waals surface area contributed by atoms with Crippen LogP contribution in [0, 0.1) is 0 Å². The highest BCUT2D eigenvalue weighted by Gasteiger charge is 2.16. The van der Waals surface area contributed by atoms with Gasteiger partial charge in [-0.3, -0.25) is 4.98 Å². The molecule has 6 heteroatoms. The molecular formula is C9H3Cl4NO. The van der Waals surface area contributed by atoms with Crippen molar-refractivity contribution < 1.29 is 5.11 Å². The Morgan fingerprint density at radius 3 is 2.33 bits per heavy atom. The minimum Gasteiger partial charge on any atom is -0.504 e. The molecule has 0 aliphatic heterocycles. The summed E-state index contributed by atoms with van der Waals surface area (Å²) >= 11 is 23.3. The number of aromatic nitrogens is 1. The first-order chi connectivity index (χ1) is 7.02. The van der Waals surface area contributed by atoms with Crippen LogP contribution in [0.3, 0.4) is 0 Å². The van der Waals surface area contributed by atoms with Crippen molar-refractivity contribution in [2.75, 3.05) is 0 Å². The first-order valence-corrected chi connectivity index (χ1v) is 5.34. The van der Waals surface area contributed by atoms with Gasteiger partial charge in [-0.25, -0.2) is 0 Å². The lowest BCUT2D eigenvalue weighted by atomic mass is 10.2. The molecule has 1 aromatic heterocycles. The minimum atomic E-state index is -0.197. The number of phenolic OH excluding ortho intramolecular Hbond substituents is 1. The Morgan fingerprint density at radius 2 is 1.67 bits per heavy atom. The van der Waals surface area contributed by atoms with Crippen LogP contribution < -0.4 is 0 Å². The third-order valence-corrected chi connectivity index (χ3v) is 3.45. The van der Waals surface area contributed by atoms with Gasteiger partial charge in [-0.05, 0) is 6.07 Å². The molecule has 0 unspecified atom stereocenters. The Kier molecular flexibility index (Phi) is 2.86. The summed E-state index contributed by atoms with van der Waals surface area (Å²) in [6.45, 7) is 0. The number of benzene rings is 1. The van der Waals surface area contributed by atoms with Crippen molar-refractivity contribution in [3.05, 3.63) is 32.4 Å². The van der Waals surface area contributed by atoms with Gasteiger partial charge >= 0.3 is 0 Å². The Labute approximate surface area is 105 Å². The predicted molar refractivity (Wildman–Crippen MR) is 63.4 cm³/mol. The standard InChI is InChI=1S/C9H3Cl4NO/c10-3-1-4-5(11)6(12)7(13)9(15)8(4)14-2-3/h1-2,15H. The number of aromatic hydroxyl groups is 1. The van der Waals surface area contributed by atoms with Gasteiger partial charge in [0, 0.05) is 11.6 Å². The zero-order chi connectivity index (χ0) is 11.2. The second-order valence-corrected chi connectivity index (χ2v) is 4.41. The molecule has 0 spiro atoms. The molecule has 0 bridgehead atoms. The number of rotatable bonds is 0. The highest BCUT2D eigenvalue weighted by molar-refractivity contribution is 6.51. The molecule has 0 fully saturated rings. The smallest absolute Gasteiger partial charge is 0.162 e. The van der Waals surface area contributed by atoms with Crippen molar-refractivity contribution >= 4 is 57.3 Å². The van der Waals surface area contributed by atoms with Crippen LogP contribution in [-0.2, 0) is 0 Å². The maximum Gasteiger partial charge on any atom is 0.162 e. The van der Waals surface area contributed by atoms with Crippen LogP contribution in [0.2, 0.25) is 20.1 Å². The van der Waals surface area contributed by atoms with E-state index in [-0.39, 0.29) is 26.3 Å². The van der Waals surface area contributed by atoms with Crippen molar-refractivity contribution in [1.82, 2.24) is 4.98 Å². The van der Waals surface area contributed by atoms with Crippen LogP contribution in [0.15, 0.2) is 12.3 Å². The van der Waals surface area contributed by atoms with Crippen molar-refractivity contribution in [2.45, 2.75) is 0 Å². The topological polar surface area (TPSA) is 33.1 Å². The Bertz CT molecular complexity index is 556. The van der Waals surface area contributed by atoms with Gasteiger partial charge in [0.2, 0.25) is 0 Å². The van der Waals surface area contributed by atoms with E-state index in [4.69, 9.17) is 46.4 Å². The quantitative estimate of drug-likeness (QED) is 0.719. The minimum absolute atomic E-state index is 0.0102. The molecule has 78 valence electrons. The normalized spacial score (nSPS) is 10.9. The lowest BCUT2D eigenvalue weighted by Crippen LogP contribution is -1.84. The molecule has 2 nitrogen and oxygen atoms in total. The third kappa shape index (κ3) is 1.72. The van der Waals surface area contributed by atoms with Crippen molar-refractivity contribution in [2.24, 2.45) is 0 Å². The second kappa shape index (κ2) is 3.87. The molecule has 0 saturated heterocycles. The number of phenols is 1. The largest absolute Gasteiger partial charge is 0.504 e. The molecule has 0 radical (unpaired) electrons. The predicted octanol–water partition coefficient (Wildman–Crippen LogP) is 4.55. The van der Waals surface area contributed by atoms with E-state index in [1.165, 1.54) is 6.20 Å². The SMILES string of the molecule is Oc1c(Cl)c(Cl)c(Cl)c2cc(Cl)cnc12. The monoisotopic (exact) mass is 281 g/mol. The number of hydrogen-bond donors (Lipinski definition) is 1. The van der Waals surface area contributed by atoms with E-state index >= 15 is 0 Å². The van der Waals surface area contributed by atoms with E-state index in [0.717, 1.165) is 0 Å². The van der Waals surface area contributed by atoms with Crippen LogP contribution in [0.5, 0.6) is 5.75 Å². The van der Waals surface area contributed by atoms with Crippen LogP contribution in [0.25, 0.3) is 10.9 Å². The zero-order valence-corrected chi connectivity index (χ0v) is 10.1. The van der Waals surface area contributed by atoms with E-state index in [1.807, 2.05) is 0 Å². The van der Waals surface area contributed by atoms with E-state index in [9.17, 15) is 5.11 Å². The number of fused-ring (bicyclic) bond motifs is 1. The number of halogens is 4. The number of nitrogens with zero attached hydrogens (tertiary/aromatic N) is 1. The second-order valence-electron chi connectivity index (χ2n) is 2.84. The van der Waals surface area contributed by atoms with Gasteiger partial charge in [0.15, 0.2) is 5.75 Å². The maximum absolute atomic E-state index is 9.67. The average molecular weight is 283 g/mol. The number of hydrogen-bond acceptors (Lipinski definition) is 2. The zero-order valence-electron chi connectivity index (χ0n) is 7.06. The van der Waals surface area contributed by atoms with Gasteiger partial charge in [0.25, 0.3) is 0 Å². The fraction of sp³-hybridized carbons (Fsp3) is 0. The van der Waals surface area contributed by atoms with Gasteiger partial charge in [-0.1, -0.05) is 46.4 Å². The lowest BCUT2D eigenvalue weighted by Gasteiger charge is -2.07. The average Bonchev–Trinajstić information content (AvgIpc) is 2.23. The summed E-state index contributed by atoms with van der Waals surface area (Å²) in [4.78, 5) is 3.93. The molecule has 0 aliphatic rings. The van der Waals surface area contributed by atoms with E-state index in [2.05, 4.69) is 4.98 Å². The van der Waals surface area contributed by atoms with Crippen molar-refractivity contribution in [1.29, 1.82) is 0 Å². The molecular weight excluding hydrogens is 280 g/mol. The maximum atomic E-state index is 9.67. The summed E-state index contributed by atoms with van der Waals surface area (Å²) < 4.78 is 0. The van der Waals surface area contributed by atoms with Crippen LogP contribution >= 0.6 is 46.4 Å². The Hall–Kier alpha value is -0.410. The third-order valence-electron chi connectivity index (χ3n) is 1.91. The summed E-state index contributed by atoms with van der Waals surface area (Å²) in [6, 6.07) is 1.56. The summed E-state index contributed by atoms with van der Waals surface area (Å²) in [5, 5.41) is 10.9. The molecule has 0 aliphatic carbocycles. The summed E-state index contributed by atoms with van der Waals surface area (Å²) in [7, 11) is 0. The van der Waals surface area contributed by atoms with E-state index in [0.29, 0.717) is 10.4 Å². The first-order valence-electron chi connectivity index (χ1n) is 3.83. The van der Waals surface area contributed by atoms with E-state index in [1.54, 1.807) is 6.07 Å². The van der Waals surface area contributed by atoms with Gasteiger partial charge < -0.3 is 5.11 Å². The van der Waals surface area contributed by atoms with Gasteiger partial charge in [-0.15, -0.1) is 0 Å². The molecule has 2 aromatic rings. The van der Waals surface area contributed by atoms with Crippen LogP contribution in [0.4, 0.5) is 0 Å². The fourth-order valence-electron chi connectivity index (χ4n) is 1.22. The molecule has 0 saturated carbocycles. The van der Waals surface area contributed by atoms with Gasteiger partial charge in [-0.2, -0.15) is 0 Å². The Balaban J connectivity index is 3.00. The van der Waals surface area contributed by atoms with Gasteiger partial charge in [0.1, 0.15) is 10.5 Å². The molecule has 1 N–H and O–H groups in total. The molecule has 15 heavy (non-hydrogen) atoms. The summed E-state index contributed by atoms with van der Waals surface area (Å²) in [6.07, 6.45) is 1.39. The van der Waals surface area contributed by atoms with E-state index < -0.39 is 0 Å². The van der Waals surface area contributed by atoms with Gasteiger partial charge in [0.05, 0.1) is 15.1 Å². The highest BCUT2D eigenvalue weighted by Crippen LogP contribution is 2.43. The van der Waals surface area contributed by atoms with Crippen LogP contribution in [0.1, 0.15) is 0 Å². The first kappa shape index (κ1) is 11.1. The lowest BCUT2D eigenvalue weighted by molar-refractivity contribution is 0.480. The Morgan fingerprint density at radius 1 is 1.00 bits per heavy atom.